The lowest BCUT2D eigenvalue weighted by Crippen LogP contribution is -1.83. The molecule has 0 N–H and O–H groups in total. The first-order valence-electron chi connectivity index (χ1n) is 9.98. The van der Waals surface area contributed by atoms with Gasteiger partial charge in [-0.2, -0.15) is 0 Å². The molecule has 0 amide bonds. The fourth-order valence-electron chi connectivity index (χ4n) is 3.65. The van der Waals surface area contributed by atoms with E-state index in [9.17, 15) is 0 Å². The predicted molar refractivity (Wildman–Crippen MR) is 124 cm³/mol. The second kappa shape index (κ2) is 8.14. The molecule has 0 saturated heterocycles. The molecule has 2 heteroatoms. The first-order chi connectivity index (χ1) is 14.9. The van der Waals surface area contributed by atoms with Crippen LogP contribution in [-0.2, 0) is 0 Å². The maximum atomic E-state index is 4.09. The smallest absolute Gasteiger partial charge is 0.0273 e. The molecule has 0 fully saturated rings. The van der Waals surface area contributed by atoms with E-state index in [1.807, 2.05) is 49.1 Å². The van der Waals surface area contributed by atoms with Gasteiger partial charge in [0.05, 0.1) is 0 Å². The lowest BCUT2D eigenvalue weighted by molar-refractivity contribution is 1.33. The largest absolute Gasteiger partial charge is 0.265 e. The van der Waals surface area contributed by atoms with Crippen LogP contribution in [0.4, 0.5) is 0 Å². The minimum Gasteiger partial charge on any atom is -0.265 e. The van der Waals surface area contributed by atoms with Gasteiger partial charge in [0.15, 0.2) is 0 Å². The number of pyridine rings is 2. The molecule has 2 aromatic heterocycles. The topological polar surface area (TPSA) is 25.8 Å². The van der Waals surface area contributed by atoms with E-state index in [2.05, 4.69) is 82.8 Å². The fraction of sp³-hybridized carbons (Fsp3) is 0. The van der Waals surface area contributed by atoms with E-state index < -0.39 is 0 Å². The Morgan fingerprint density at radius 1 is 0.233 bits per heavy atom. The zero-order valence-electron chi connectivity index (χ0n) is 16.4. The molecule has 0 bridgehead atoms. The molecular formula is C28H20N2. The number of hydrogen-bond acceptors (Lipinski definition) is 2. The summed E-state index contributed by atoms with van der Waals surface area (Å²) in [7, 11) is 0. The van der Waals surface area contributed by atoms with Crippen molar-refractivity contribution in [1.82, 2.24) is 9.97 Å². The first kappa shape index (κ1) is 18.0. The molecular weight excluding hydrogens is 364 g/mol. The monoisotopic (exact) mass is 384 g/mol. The summed E-state index contributed by atoms with van der Waals surface area (Å²) in [6, 6.07) is 34.2. The Bertz CT molecular complexity index is 1120. The van der Waals surface area contributed by atoms with Crippen LogP contribution < -0.4 is 0 Å². The van der Waals surface area contributed by atoms with Crippen LogP contribution in [0, 0.1) is 0 Å². The molecule has 0 aliphatic rings. The minimum absolute atomic E-state index is 1.18. The van der Waals surface area contributed by atoms with Crippen molar-refractivity contribution in [3.05, 3.63) is 122 Å². The van der Waals surface area contributed by atoms with Crippen molar-refractivity contribution in [2.45, 2.75) is 0 Å². The fourth-order valence-corrected chi connectivity index (χ4v) is 3.65. The zero-order valence-corrected chi connectivity index (χ0v) is 16.4. The van der Waals surface area contributed by atoms with Crippen LogP contribution in [0.1, 0.15) is 0 Å². The maximum absolute atomic E-state index is 4.09. The number of nitrogens with zero attached hydrogens (tertiary/aromatic N) is 2. The van der Waals surface area contributed by atoms with E-state index in [-0.39, 0.29) is 0 Å². The second-order valence-electron chi connectivity index (χ2n) is 7.20. The zero-order chi connectivity index (χ0) is 20.2. The molecule has 0 aliphatic heterocycles. The van der Waals surface area contributed by atoms with Gasteiger partial charge in [-0.15, -0.1) is 0 Å². The van der Waals surface area contributed by atoms with Gasteiger partial charge in [-0.25, -0.2) is 0 Å². The van der Waals surface area contributed by atoms with Crippen molar-refractivity contribution in [3.63, 3.8) is 0 Å². The third kappa shape index (κ3) is 3.76. The molecule has 142 valence electrons. The Morgan fingerprint density at radius 2 is 0.400 bits per heavy atom. The summed E-state index contributed by atoms with van der Waals surface area (Å²) in [4.78, 5) is 8.17. The third-order valence-corrected chi connectivity index (χ3v) is 5.35. The number of hydrogen-bond donors (Lipinski definition) is 0. The molecule has 0 radical (unpaired) electrons. The highest BCUT2D eigenvalue weighted by atomic mass is 14.6. The van der Waals surface area contributed by atoms with Gasteiger partial charge in [0, 0.05) is 24.8 Å². The van der Waals surface area contributed by atoms with Crippen LogP contribution in [-0.4, -0.2) is 9.97 Å². The molecule has 5 aromatic rings. The highest BCUT2D eigenvalue weighted by Gasteiger charge is 2.03. The van der Waals surface area contributed by atoms with Crippen molar-refractivity contribution in [1.29, 1.82) is 0 Å². The van der Waals surface area contributed by atoms with Gasteiger partial charge >= 0.3 is 0 Å². The summed E-state index contributed by atoms with van der Waals surface area (Å²) in [6.07, 6.45) is 7.30. The summed E-state index contributed by atoms with van der Waals surface area (Å²) >= 11 is 0. The number of aromatic nitrogens is 2. The van der Waals surface area contributed by atoms with Gasteiger partial charge in [0.1, 0.15) is 0 Å². The normalized spacial score (nSPS) is 10.7. The van der Waals surface area contributed by atoms with E-state index >= 15 is 0 Å². The molecule has 5 rings (SSSR count). The van der Waals surface area contributed by atoms with Gasteiger partial charge in [-0.3, -0.25) is 9.97 Å². The standard InChI is InChI=1S/C28H20N2/c1-2-22(24-7-11-26(12-8-24)28-15-19-30-20-16-28)4-3-21(1)23-5-9-25(10-6-23)27-13-17-29-18-14-27/h1-20H. The summed E-state index contributed by atoms with van der Waals surface area (Å²) in [5.41, 5.74) is 9.63. The summed E-state index contributed by atoms with van der Waals surface area (Å²) in [5, 5.41) is 0. The highest BCUT2D eigenvalue weighted by molar-refractivity contribution is 5.74. The van der Waals surface area contributed by atoms with E-state index in [1.54, 1.807) is 0 Å². The van der Waals surface area contributed by atoms with Crippen LogP contribution in [0.25, 0.3) is 44.5 Å². The maximum Gasteiger partial charge on any atom is 0.0273 e. The molecule has 0 atom stereocenters. The molecule has 0 aliphatic carbocycles. The third-order valence-electron chi connectivity index (χ3n) is 5.35. The molecule has 30 heavy (non-hydrogen) atoms. The lowest BCUT2D eigenvalue weighted by atomic mass is 9.97. The van der Waals surface area contributed by atoms with Gasteiger partial charge < -0.3 is 0 Å². The van der Waals surface area contributed by atoms with E-state index in [1.165, 1.54) is 44.5 Å². The molecule has 2 heterocycles. The molecule has 0 unspecified atom stereocenters. The summed E-state index contributed by atoms with van der Waals surface area (Å²) in [5.74, 6) is 0. The first-order valence-corrected chi connectivity index (χ1v) is 9.98. The van der Waals surface area contributed by atoms with Crippen LogP contribution in [0.5, 0.6) is 0 Å². The van der Waals surface area contributed by atoms with Crippen LogP contribution >= 0.6 is 0 Å². The highest BCUT2D eigenvalue weighted by Crippen LogP contribution is 2.28. The van der Waals surface area contributed by atoms with Crippen LogP contribution in [0.3, 0.4) is 0 Å². The Hall–Kier alpha value is -4.04. The Labute approximate surface area is 176 Å². The SMILES string of the molecule is c1cc(-c2ccc(-c3ccc(-c4ccc(-c5ccncc5)cc4)cc3)cc2)ccn1. The van der Waals surface area contributed by atoms with Crippen molar-refractivity contribution in [2.24, 2.45) is 0 Å². The molecule has 0 spiro atoms. The second-order valence-corrected chi connectivity index (χ2v) is 7.20. The van der Waals surface area contributed by atoms with Gasteiger partial charge in [0.2, 0.25) is 0 Å². The molecule has 0 saturated carbocycles. The Balaban J connectivity index is 1.35. The van der Waals surface area contributed by atoms with Crippen LogP contribution in [0.2, 0.25) is 0 Å². The number of benzene rings is 3. The van der Waals surface area contributed by atoms with E-state index in [0.717, 1.165) is 0 Å². The Morgan fingerprint density at radius 3 is 0.600 bits per heavy atom. The van der Waals surface area contributed by atoms with Gasteiger partial charge in [-0.05, 0) is 68.8 Å². The van der Waals surface area contributed by atoms with Crippen molar-refractivity contribution >= 4 is 0 Å². The average Bonchev–Trinajstić information content (AvgIpc) is 2.85. The summed E-state index contributed by atoms with van der Waals surface area (Å²) in [6.45, 7) is 0. The lowest BCUT2D eigenvalue weighted by Gasteiger charge is -2.08. The molecule has 3 aromatic carbocycles. The minimum atomic E-state index is 1.18. The average molecular weight is 384 g/mol. The van der Waals surface area contributed by atoms with Gasteiger partial charge in [-0.1, -0.05) is 72.8 Å². The molecule has 2 nitrogen and oxygen atoms in total. The Kier molecular flexibility index (Phi) is 4.89. The van der Waals surface area contributed by atoms with Crippen molar-refractivity contribution in [2.75, 3.05) is 0 Å². The van der Waals surface area contributed by atoms with Crippen molar-refractivity contribution in [3.8, 4) is 44.5 Å². The quantitative estimate of drug-likeness (QED) is 0.329. The van der Waals surface area contributed by atoms with E-state index in [0.29, 0.717) is 0 Å². The van der Waals surface area contributed by atoms with E-state index in [4.69, 9.17) is 0 Å². The summed E-state index contributed by atoms with van der Waals surface area (Å²) < 4.78 is 0. The van der Waals surface area contributed by atoms with Crippen molar-refractivity contribution < 1.29 is 0 Å². The van der Waals surface area contributed by atoms with Gasteiger partial charge in [0.25, 0.3) is 0 Å². The van der Waals surface area contributed by atoms with Crippen LogP contribution in [0.15, 0.2) is 122 Å². The predicted octanol–water partition coefficient (Wildman–Crippen LogP) is 7.14. The number of rotatable bonds is 4.